The van der Waals surface area contributed by atoms with Gasteiger partial charge in [0.1, 0.15) is 12.0 Å². The molecule has 5 heteroatoms. The van der Waals surface area contributed by atoms with Crippen LogP contribution < -0.4 is 5.73 Å². The molecule has 0 aromatic heterocycles. The molecule has 3 saturated carbocycles. The molecule has 6 bridgehead atoms. The van der Waals surface area contributed by atoms with Crippen molar-refractivity contribution in [1.29, 1.82) is 0 Å². The highest BCUT2D eigenvalue weighted by atomic mass is 16.3. The van der Waals surface area contributed by atoms with Crippen LogP contribution in [-0.4, -0.2) is 58.3 Å². The monoisotopic (exact) mass is 471 g/mol. The second-order valence-electron chi connectivity index (χ2n) is 12.5. The molecule has 184 valence electrons. The van der Waals surface area contributed by atoms with Crippen molar-refractivity contribution in [3.05, 3.63) is 65.2 Å². The zero-order chi connectivity index (χ0) is 23.5. The number of aliphatic hydroxyl groups excluding tert-OH is 1. The molecule has 4 N–H and O–H groups in total. The highest BCUT2D eigenvalue weighted by Gasteiger charge is 2.84. The summed E-state index contributed by atoms with van der Waals surface area (Å²) < 4.78 is 0. The first-order valence-electron chi connectivity index (χ1n) is 13.9. The van der Waals surface area contributed by atoms with Crippen molar-refractivity contribution in [3.8, 4) is 5.75 Å². The molecule has 1 spiro atoms. The van der Waals surface area contributed by atoms with Crippen LogP contribution in [0.4, 0.5) is 0 Å². The van der Waals surface area contributed by atoms with E-state index in [0.29, 0.717) is 41.0 Å². The molecule has 2 saturated heterocycles. The third kappa shape index (κ3) is 2.35. The Morgan fingerprint density at radius 2 is 1.97 bits per heavy atom. The van der Waals surface area contributed by atoms with E-state index < -0.39 is 6.23 Å². The molecule has 9 atom stereocenters. The van der Waals surface area contributed by atoms with E-state index in [-0.39, 0.29) is 5.41 Å². The van der Waals surface area contributed by atoms with Gasteiger partial charge >= 0.3 is 0 Å². The lowest BCUT2D eigenvalue weighted by atomic mass is 9.48. The number of fused-ring (bicyclic) bond motifs is 1. The molecule has 2 heterocycles. The van der Waals surface area contributed by atoms with Crippen LogP contribution in [0.1, 0.15) is 48.6 Å². The smallest absolute Gasteiger partial charge is 0.133 e. The van der Waals surface area contributed by atoms with E-state index in [2.05, 4.69) is 34.1 Å². The number of phenols is 1. The van der Waals surface area contributed by atoms with Gasteiger partial charge in [0.2, 0.25) is 0 Å². The van der Waals surface area contributed by atoms with E-state index in [1.807, 2.05) is 24.3 Å². The molecule has 5 fully saturated rings. The number of aliphatic hydroxyl groups is 1. The Bertz CT molecular complexity index is 1170. The van der Waals surface area contributed by atoms with Crippen LogP contribution in [-0.2, 0) is 11.8 Å². The van der Waals surface area contributed by atoms with Crippen LogP contribution in [0.2, 0.25) is 0 Å². The van der Waals surface area contributed by atoms with Gasteiger partial charge in [0.25, 0.3) is 0 Å². The zero-order valence-electron chi connectivity index (χ0n) is 20.4. The minimum atomic E-state index is -0.529. The summed E-state index contributed by atoms with van der Waals surface area (Å²) >= 11 is 0. The first-order chi connectivity index (χ1) is 17.1. The molecule has 2 aromatic rings. The van der Waals surface area contributed by atoms with E-state index in [9.17, 15) is 10.2 Å². The minimum absolute atomic E-state index is 0.145. The van der Waals surface area contributed by atoms with Crippen molar-refractivity contribution in [2.45, 2.75) is 55.8 Å². The number of nitrogens with two attached hydrogens (primary N) is 1. The van der Waals surface area contributed by atoms with Gasteiger partial charge in [-0.25, -0.2) is 0 Å². The van der Waals surface area contributed by atoms with Crippen molar-refractivity contribution in [1.82, 2.24) is 9.80 Å². The number of likely N-dealkylation sites (tertiary alicyclic amines) is 2. The maximum atomic E-state index is 11.5. The quantitative estimate of drug-likeness (QED) is 0.624. The zero-order valence-corrected chi connectivity index (χ0v) is 20.4. The predicted octanol–water partition coefficient (Wildman–Crippen LogP) is 3.26. The second-order valence-corrected chi connectivity index (χ2v) is 12.5. The van der Waals surface area contributed by atoms with Gasteiger partial charge < -0.3 is 15.9 Å². The molecule has 35 heavy (non-hydrogen) atoms. The third-order valence-corrected chi connectivity index (χ3v) is 11.6. The summed E-state index contributed by atoms with van der Waals surface area (Å²) in [5.41, 5.74) is 10.4. The summed E-state index contributed by atoms with van der Waals surface area (Å²) in [5.74, 6) is 3.00. The van der Waals surface area contributed by atoms with Crippen molar-refractivity contribution in [3.63, 3.8) is 0 Å². The Kier molecular flexibility index (Phi) is 4.30. The first-order valence-corrected chi connectivity index (χ1v) is 13.9. The summed E-state index contributed by atoms with van der Waals surface area (Å²) in [4.78, 5) is 5.29. The van der Waals surface area contributed by atoms with Gasteiger partial charge in [-0.1, -0.05) is 36.4 Å². The summed E-state index contributed by atoms with van der Waals surface area (Å²) in [5, 5.41) is 22.2. The molecule has 0 radical (unpaired) electrons. The maximum Gasteiger partial charge on any atom is 0.133 e. The van der Waals surface area contributed by atoms with Gasteiger partial charge in [-0.05, 0) is 103 Å². The number of hydrogen-bond acceptors (Lipinski definition) is 5. The number of aromatic hydroxyl groups is 1. The molecular weight excluding hydrogens is 434 g/mol. The predicted molar refractivity (Wildman–Crippen MR) is 135 cm³/mol. The normalized spacial score (nSPS) is 43.4. The van der Waals surface area contributed by atoms with Gasteiger partial charge in [-0.3, -0.25) is 9.80 Å². The van der Waals surface area contributed by atoms with E-state index in [1.54, 1.807) is 0 Å². The minimum Gasteiger partial charge on any atom is -0.508 e. The van der Waals surface area contributed by atoms with Crippen molar-refractivity contribution >= 4 is 0 Å². The van der Waals surface area contributed by atoms with Gasteiger partial charge in [0, 0.05) is 30.6 Å². The number of nitrogens with zero attached hydrogens (tertiary/aromatic N) is 2. The molecular formula is C30H37N3O2. The number of benzene rings is 2. The molecule has 5 nitrogen and oxygen atoms in total. The van der Waals surface area contributed by atoms with E-state index in [0.717, 1.165) is 44.0 Å². The molecule has 6 aliphatic rings. The second kappa shape index (κ2) is 7.10. The number of rotatable bonds is 5. The largest absolute Gasteiger partial charge is 0.508 e. The number of hydrogen-bond donors (Lipinski definition) is 3. The number of piperidine rings is 1. The standard InChI is InChI=1S/C30H37N3O2/c31-11-4-12-32-17-24-22-13-19-7-8-21(34)14-23(19)30(24)26-20-15-29(30,27(22)32)10-9-25(26)33(16-20)28(35)18-5-2-1-3-6-18/h1-3,5-8,14,20,22,24-28,34-35H,4,9-13,15-17,31H2/t20-,22?,24?,25?,26?,27?,28?,29?,30?/m1/s1. The number of phenolic OH excluding ortho intramolecular Hbond substituents is 1. The molecule has 8 unspecified atom stereocenters. The molecule has 4 aliphatic carbocycles. The average Bonchev–Trinajstić information content (AvgIpc) is 3.51. The third-order valence-electron chi connectivity index (χ3n) is 11.6. The van der Waals surface area contributed by atoms with E-state index in [1.165, 1.54) is 36.9 Å². The topological polar surface area (TPSA) is 73.0 Å². The highest BCUT2D eigenvalue weighted by molar-refractivity contribution is 5.54. The Morgan fingerprint density at radius 3 is 2.80 bits per heavy atom. The SMILES string of the molecule is NCCCN1CC2C3Cc4ccc(O)cc4C24C2C5CCC4(C[C@@H]2CN5C(O)c2ccccc2)C31. The summed E-state index contributed by atoms with van der Waals surface area (Å²) in [6.45, 7) is 4.08. The van der Waals surface area contributed by atoms with E-state index >= 15 is 0 Å². The fourth-order valence-electron chi connectivity index (χ4n) is 11.2. The van der Waals surface area contributed by atoms with Gasteiger partial charge in [0.05, 0.1) is 0 Å². The van der Waals surface area contributed by atoms with Crippen LogP contribution in [0, 0.1) is 29.1 Å². The Morgan fingerprint density at radius 1 is 1.11 bits per heavy atom. The fraction of sp³-hybridized carbons (Fsp3) is 0.600. The molecule has 8 rings (SSSR count). The maximum absolute atomic E-state index is 11.5. The van der Waals surface area contributed by atoms with Crippen LogP contribution in [0.25, 0.3) is 0 Å². The van der Waals surface area contributed by atoms with Crippen LogP contribution in [0.5, 0.6) is 5.75 Å². The van der Waals surface area contributed by atoms with Gasteiger partial charge in [0.15, 0.2) is 0 Å². The molecule has 0 amide bonds. The lowest BCUT2D eigenvalue weighted by molar-refractivity contribution is -0.0893. The lowest BCUT2D eigenvalue weighted by Gasteiger charge is -2.60. The highest BCUT2D eigenvalue weighted by Crippen LogP contribution is 2.82. The summed E-state index contributed by atoms with van der Waals surface area (Å²) in [6, 6.07) is 17.6. The van der Waals surface area contributed by atoms with Crippen molar-refractivity contribution in [2.24, 2.45) is 34.8 Å². The summed E-state index contributed by atoms with van der Waals surface area (Å²) in [6.07, 6.45) is 5.41. The van der Waals surface area contributed by atoms with Crippen LogP contribution in [0.3, 0.4) is 0 Å². The Labute approximate surface area is 207 Å². The van der Waals surface area contributed by atoms with Crippen LogP contribution >= 0.6 is 0 Å². The fourth-order valence-corrected chi connectivity index (χ4v) is 11.2. The van der Waals surface area contributed by atoms with Crippen molar-refractivity contribution < 1.29 is 10.2 Å². The van der Waals surface area contributed by atoms with Gasteiger partial charge in [-0.2, -0.15) is 0 Å². The first kappa shape index (κ1) is 21.2. The van der Waals surface area contributed by atoms with Crippen LogP contribution in [0.15, 0.2) is 48.5 Å². The molecule has 2 aromatic carbocycles. The van der Waals surface area contributed by atoms with E-state index in [4.69, 9.17) is 5.73 Å². The summed E-state index contributed by atoms with van der Waals surface area (Å²) in [7, 11) is 0. The van der Waals surface area contributed by atoms with Crippen molar-refractivity contribution in [2.75, 3.05) is 26.2 Å². The lowest BCUT2D eigenvalue weighted by Crippen LogP contribution is -2.64. The molecule has 2 aliphatic heterocycles. The average molecular weight is 472 g/mol. The Hall–Kier alpha value is -1.92. The Balaban J connectivity index is 1.27. The van der Waals surface area contributed by atoms with Gasteiger partial charge in [-0.15, -0.1) is 0 Å².